The average Bonchev–Trinajstić information content (AvgIpc) is 2.77. The number of nitrogens with one attached hydrogen (secondary N) is 1. The number of amides is 1. The first kappa shape index (κ1) is 25.0. The Hall–Kier alpha value is -3.62. The monoisotopic (exact) mass is 469 g/mol. The van der Waals surface area contributed by atoms with Gasteiger partial charge in [-0.1, -0.05) is 24.3 Å². The lowest BCUT2D eigenvalue weighted by atomic mass is 10.1. The maximum absolute atomic E-state index is 14.4. The quantitative estimate of drug-likeness (QED) is 0.575. The summed E-state index contributed by atoms with van der Waals surface area (Å²) in [6.45, 7) is 6.67. The van der Waals surface area contributed by atoms with Gasteiger partial charge in [-0.05, 0) is 39.8 Å². The number of nitrogens with zero attached hydrogens (tertiary/aromatic N) is 4. The first-order valence-corrected chi connectivity index (χ1v) is 10.9. The Morgan fingerprint density at radius 2 is 2.03 bits per heavy atom. The number of ether oxygens (including phenoxy) is 1. The molecule has 0 fully saturated rings. The van der Waals surface area contributed by atoms with E-state index in [4.69, 9.17) is 4.74 Å². The molecule has 0 atom stereocenters. The Morgan fingerprint density at radius 3 is 2.74 bits per heavy atom. The number of carbonyl (C=O) groups excluding carboxylic acids is 1. The molecule has 0 radical (unpaired) electrons. The lowest BCUT2D eigenvalue weighted by Gasteiger charge is -2.19. The highest BCUT2D eigenvalue weighted by Crippen LogP contribution is 2.16. The molecule has 9 heteroatoms. The van der Waals surface area contributed by atoms with Gasteiger partial charge in [-0.25, -0.2) is 18.6 Å². The molecule has 0 unspecified atom stereocenters. The molecule has 34 heavy (non-hydrogen) atoms. The number of aromatic nitrogens is 3. The molecular weight excluding hydrogens is 440 g/mol. The Bertz CT molecular complexity index is 1290. The second kappa shape index (κ2) is 10.5. The van der Waals surface area contributed by atoms with Crippen LogP contribution in [0, 0.1) is 12.7 Å². The van der Waals surface area contributed by atoms with E-state index in [0.29, 0.717) is 16.7 Å². The molecule has 0 bridgehead atoms. The van der Waals surface area contributed by atoms with Crippen molar-refractivity contribution in [1.29, 1.82) is 0 Å². The molecule has 0 spiro atoms. The van der Waals surface area contributed by atoms with Gasteiger partial charge < -0.3 is 14.6 Å². The predicted molar refractivity (Wildman–Crippen MR) is 127 cm³/mol. The van der Waals surface area contributed by atoms with Gasteiger partial charge in [0, 0.05) is 30.1 Å². The number of alkyl halides is 1. The van der Waals surface area contributed by atoms with Gasteiger partial charge in [-0.3, -0.25) is 9.98 Å². The standard InChI is InChI=1S/C25H29F2N5O2/c1-16-31-23(30-14-18-9-6-8-17(13-26)22(18)27)20-12-19(29-15-21(20)32(16)5)10-7-11-28-24(33)34-25(2,3)4/h6-10,12,15H,11,13-14H2,1-5H3,(H,28,33)/b10-7+,30-23?. The number of aryl methyl sites for hydroxylation is 2. The smallest absolute Gasteiger partial charge is 0.407 e. The van der Waals surface area contributed by atoms with Crippen molar-refractivity contribution < 1.29 is 18.3 Å². The summed E-state index contributed by atoms with van der Waals surface area (Å²) in [5, 5.41) is 3.40. The van der Waals surface area contributed by atoms with Gasteiger partial charge in [0.15, 0.2) is 5.49 Å². The second-order valence-corrected chi connectivity index (χ2v) is 8.79. The number of alkyl carbamates (subject to hydrolysis) is 1. The number of hydrogen-bond donors (Lipinski definition) is 1. The van der Waals surface area contributed by atoms with Crippen LogP contribution in [0.3, 0.4) is 0 Å². The molecule has 1 aromatic carbocycles. The maximum atomic E-state index is 14.4. The van der Waals surface area contributed by atoms with Gasteiger partial charge in [0.25, 0.3) is 0 Å². The molecule has 7 nitrogen and oxygen atoms in total. The van der Waals surface area contributed by atoms with Crippen molar-refractivity contribution in [3.63, 3.8) is 0 Å². The number of rotatable bonds is 6. The van der Waals surface area contributed by atoms with Crippen LogP contribution in [0.15, 0.2) is 41.5 Å². The van der Waals surface area contributed by atoms with E-state index in [2.05, 4.69) is 20.3 Å². The lowest BCUT2D eigenvalue weighted by molar-refractivity contribution is 0.0534. The van der Waals surface area contributed by atoms with E-state index in [1.807, 2.05) is 24.6 Å². The van der Waals surface area contributed by atoms with Crippen LogP contribution in [0.2, 0.25) is 0 Å². The van der Waals surface area contributed by atoms with Crippen LogP contribution >= 0.6 is 0 Å². The minimum atomic E-state index is -0.870. The Labute approximate surface area is 197 Å². The number of pyridine rings is 1. The van der Waals surface area contributed by atoms with E-state index in [-0.39, 0.29) is 18.7 Å². The number of carbonyl (C=O) groups is 1. The average molecular weight is 470 g/mol. The minimum Gasteiger partial charge on any atom is -0.444 e. The van der Waals surface area contributed by atoms with Crippen molar-refractivity contribution in [1.82, 2.24) is 19.9 Å². The highest BCUT2D eigenvalue weighted by Gasteiger charge is 2.15. The SMILES string of the molecule is Cc1nc(=NCc2cccc(CF)c2F)c2cc(/C=C/CNC(=O)OC(C)(C)C)ncc2n1C. The zero-order valence-electron chi connectivity index (χ0n) is 20.0. The van der Waals surface area contributed by atoms with Crippen LogP contribution in [0.5, 0.6) is 0 Å². The van der Waals surface area contributed by atoms with Gasteiger partial charge >= 0.3 is 6.09 Å². The van der Waals surface area contributed by atoms with E-state index in [9.17, 15) is 13.6 Å². The van der Waals surface area contributed by atoms with Crippen LogP contribution in [0.25, 0.3) is 17.0 Å². The molecule has 2 aromatic heterocycles. The van der Waals surface area contributed by atoms with Gasteiger partial charge in [-0.15, -0.1) is 0 Å². The van der Waals surface area contributed by atoms with Crippen LogP contribution in [-0.4, -0.2) is 32.8 Å². The van der Waals surface area contributed by atoms with Crippen molar-refractivity contribution in [2.45, 2.75) is 46.5 Å². The minimum absolute atomic E-state index is 0.0118. The largest absolute Gasteiger partial charge is 0.444 e. The van der Waals surface area contributed by atoms with Crippen molar-refractivity contribution in [3.8, 4) is 0 Å². The summed E-state index contributed by atoms with van der Waals surface area (Å²) in [6.07, 6.45) is 4.74. The molecule has 0 aliphatic rings. The van der Waals surface area contributed by atoms with E-state index < -0.39 is 24.2 Å². The van der Waals surface area contributed by atoms with Crippen molar-refractivity contribution >= 4 is 23.1 Å². The number of hydrogen-bond acceptors (Lipinski definition) is 5. The molecule has 0 aliphatic carbocycles. The summed E-state index contributed by atoms with van der Waals surface area (Å²) in [5.74, 6) is 0.134. The van der Waals surface area contributed by atoms with Gasteiger partial charge in [0.2, 0.25) is 0 Å². The normalized spacial score (nSPS) is 12.5. The highest BCUT2D eigenvalue weighted by molar-refractivity contribution is 5.79. The molecule has 180 valence electrons. The zero-order chi connectivity index (χ0) is 24.9. The topological polar surface area (TPSA) is 81.4 Å². The molecule has 1 N–H and O–H groups in total. The summed E-state index contributed by atoms with van der Waals surface area (Å²) in [7, 11) is 1.88. The Balaban J connectivity index is 1.88. The van der Waals surface area contributed by atoms with E-state index in [1.54, 1.807) is 51.3 Å². The van der Waals surface area contributed by atoms with Gasteiger partial charge in [0.1, 0.15) is 23.9 Å². The fraction of sp³-hybridized carbons (Fsp3) is 0.360. The summed E-state index contributed by atoms with van der Waals surface area (Å²) in [4.78, 5) is 25.3. The van der Waals surface area contributed by atoms with Gasteiger partial charge in [-0.2, -0.15) is 0 Å². The summed E-state index contributed by atoms with van der Waals surface area (Å²) >= 11 is 0. The fourth-order valence-electron chi connectivity index (χ4n) is 3.24. The lowest BCUT2D eigenvalue weighted by Crippen LogP contribution is -2.32. The number of halogens is 2. The van der Waals surface area contributed by atoms with Crippen LogP contribution in [0.1, 0.15) is 43.4 Å². The zero-order valence-corrected chi connectivity index (χ0v) is 20.0. The molecule has 1 amide bonds. The van der Waals surface area contributed by atoms with Crippen LogP contribution < -0.4 is 10.8 Å². The van der Waals surface area contributed by atoms with E-state index in [1.165, 1.54) is 6.07 Å². The van der Waals surface area contributed by atoms with Crippen molar-refractivity contribution in [2.75, 3.05) is 6.54 Å². The molecule has 0 aliphatic heterocycles. The molecule has 3 aromatic rings. The summed E-state index contributed by atoms with van der Waals surface area (Å²) < 4.78 is 34.5. The predicted octanol–water partition coefficient (Wildman–Crippen LogP) is 4.52. The third kappa shape index (κ3) is 6.24. The van der Waals surface area contributed by atoms with E-state index >= 15 is 0 Å². The fourth-order valence-corrected chi connectivity index (χ4v) is 3.24. The number of fused-ring (bicyclic) bond motifs is 1. The van der Waals surface area contributed by atoms with Gasteiger partial charge in [0.05, 0.1) is 24.0 Å². The third-order valence-electron chi connectivity index (χ3n) is 5.01. The third-order valence-corrected chi connectivity index (χ3v) is 5.01. The molecule has 0 saturated heterocycles. The van der Waals surface area contributed by atoms with Crippen molar-refractivity contribution in [2.24, 2.45) is 12.0 Å². The van der Waals surface area contributed by atoms with Crippen LogP contribution in [0.4, 0.5) is 13.6 Å². The van der Waals surface area contributed by atoms with Crippen molar-refractivity contribution in [3.05, 3.63) is 70.5 Å². The first-order valence-electron chi connectivity index (χ1n) is 10.9. The summed E-state index contributed by atoms with van der Waals surface area (Å²) in [6, 6.07) is 6.45. The van der Waals surface area contributed by atoms with Crippen LogP contribution in [-0.2, 0) is 25.0 Å². The molecular formula is C25H29F2N5O2. The molecule has 2 heterocycles. The second-order valence-electron chi connectivity index (χ2n) is 8.79. The Kier molecular flexibility index (Phi) is 7.75. The molecule has 3 rings (SSSR count). The first-order chi connectivity index (χ1) is 16.1. The van der Waals surface area contributed by atoms with E-state index in [0.717, 1.165) is 16.7 Å². The maximum Gasteiger partial charge on any atom is 0.407 e. The summed E-state index contributed by atoms with van der Waals surface area (Å²) in [5.41, 5.74) is 1.65. The Morgan fingerprint density at radius 1 is 1.29 bits per heavy atom. The highest BCUT2D eigenvalue weighted by atomic mass is 19.1. The molecule has 0 saturated carbocycles. The number of benzene rings is 1.